The van der Waals surface area contributed by atoms with Crippen molar-refractivity contribution in [2.75, 3.05) is 13.2 Å². The van der Waals surface area contributed by atoms with Crippen molar-refractivity contribution >= 4 is 23.3 Å². The summed E-state index contributed by atoms with van der Waals surface area (Å²) in [6, 6.07) is 14.2. The Bertz CT molecular complexity index is 700. The second-order valence-corrected chi connectivity index (χ2v) is 5.40. The lowest BCUT2D eigenvalue weighted by Crippen LogP contribution is -2.33. The molecule has 4 nitrogen and oxygen atoms in total. The van der Waals surface area contributed by atoms with Gasteiger partial charge in [-0.2, -0.15) is 0 Å². The van der Waals surface area contributed by atoms with E-state index in [0.717, 1.165) is 12.0 Å². The summed E-state index contributed by atoms with van der Waals surface area (Å²) in [7, 11) is 0. The van der Waals surface area contributed by atoms with Gasteiger partial charge in [-0.05, 0) is 30.2 Å². The molecule has 0 bridgehead atoms. The lowest BCUT2D eigenvalue weighted by molar-refractivity contribution is -0.122. The topological polar surface area (TPSA) is 55.4 Å². The van der Waals surface area contributed by atoms with Gasteiger partial charge in [-0.3, -0.25) is 9.59 Å². The number of halogens is 1. The Balaban J connectivity index is 1.82. The van der Waals surface area contributed by atoms with Crippen LogP contribution < -0.4 is 10.1 Å². The van der Waals surface area contributed by atoms with Gasteiger partial charge in [0, 0.05) is 10.6 Å². The third kappa shape index (κ3) is 5.11. The van der Waals surface area contributed by atoms with Crippen LogP contribution in [0.1, 0.15) is 22.8 Å². The first-order valence-electron chi connectivity index (χ1n) is 7.36. The average Bonchev–Trinajstić information content (AvgIpc) is 2.58. The largest absolute Gasteiger partial charge is 0.483 e. The summed E-state index contributed by atoms with van der Waals surface area (Å²) in [6.07, 6.45) is 0.824. The van der Waals surface area contributed by atoms with Gasteiger partial charge in [0.1, 0.15) is 5.75 Å². The molecule has 1 N–H and O–H groups in total. The number of ketones is 1. The molecule has 0 radical (unpaired) electrons. The Morgan fingerprint density at radius 1 is 1.13 bits per heavy atom. The van der Waals surface area contributed by atoms with Crippen molar-refractivity contribution in [3.05, 3.63) is 64.7 Å². The van der Waals surface area contributed by atoms with Gasteiger partial charge in [0.25, 0.3) is 5.91 Å². The van der Waals surface area contributed by atoms with Crippen molar-refractivity contribution in [1.29, 1.82) is 0 Å². The smallest absolute Gasteiger partial charge is 0.258 e. The standard InChI is InChI=1S/C18H18ClNO3/c1-2-13-6-3-4-9-17(13)23-12-18(22)20-11-16(21)14-7-5-8-15(19)10-14/h3-10H,2,11-12H2,1H3,(H,20,22). The summed E-state index contributed by atoms with van der Waals surface area (Å²) in [4.78, 5) is 23.8. The number of nitrogens with one attached hydrogen (secondary N) is 1. The predicted molar refractivity (Wildman–Crippen MR) is 90.1 cm³/mol. The molecular weight excluding hydrogens is 314 g/mol. The summed E-state index contributed by atoms with van der Waals surface area (Å²) >= 11 is 5.84. The molecule has 0 fully saturated rings. The van der Waals surface area contributed by atoms with E-state index in [1.54, 1.807) is 24.3 Å². The molecule has 0 aliphatic heterocycles. The lowest BCUT2D eigenvalue weighted by Gasteiger charge is -2.10. The van der Waals surface area contributed by atoms with E-state index in [4.69, 9.17) is 16.3 Å². The van der Waals surface area contributed by atoms with Crippen LogP contribution in [0, 0.1) is 0 Å². The molecule has 0 aromatic heterocycles. The maximum absolute atomic E-state index is 12.0. The molecule has 0 saturated heterocycles. The fourth-order valence-corrected chi connectivity index (χ4v) is 2.26. The number of aryl methyl sites for hydroxylation is 1. The van der Waals surface area contributed by atoms with E-state index in [1.807, 2.05) is 31.2 Å². The first-order chi connectivity index (χ1) is 11.1. The molecule has 23 heavy (non-hydrogen) atoms. The first kappa shape index (κ1) is 17.0. The zero-order valence-corrected chi connectivity index (χ0v) is 13.6. The minimum Gasteiger partial charge on any atom is -0.483 e. The first-order valence-corrected chi connectivity index (χ1v) is 7.74. The van der Waals surface area contributed by atoms with Crippen molar-refractivity contribution in [2.24, 2.45) is 0 Å². The Hall–Kier alpha value is -2.33. The Morgan fingerprint density at radius 2 is 1.91 bits per heavy atom. The molecule has 0 aliphatic carbocycles. The van der Waals surface area contributed by atoms with Gasteiger partial charge in [0.2, 0.25) is 0 Å². The molecule has 0 atom stereocenters. The second-order valence-electron chi connectivity index (χ2n) is 4.96. The summed E-state index contributed by atoms with van der Waals surface area (Å²) in [5, 5.41) is 3.04. The summed E-state index contributed by atoms with van der Waals surface area (Å²) in [6.45, 7) is 1.81. The number of hydrogen-bond donors (Lipinski definition) is 1. The minimum atomic E-state index is -0.341. The normalized spacial score (nSPS) is 10.2. The number of benzene rings is 2. The number of hydrogen-bond acceptors (Lipinski definition) is 3. The number of para-hydroxylation sites is 1. The van der Waals surface area contributed by atoms with Gasteiger partial charge < -0.3 is 10.1 Å². The maximum Gasteiger partial charge on any atom is 0.258 e. The van der Waals surface area contributed by atoms with Crippen LogP contribution in [0.4, 0.5) is 0 Å². The van der Waals surface area contributed by atoms with Gasteiger partial charge in [-0.15, -0.1) is 0 Å². The van der Waals surface area contributed by atoms with E-state index >= 15 is 0 Å². The molecule has 0 aliphatic rings. The van der Waals surface area contributed by atoms with Crippen LogP contribution in [0.3, 0.4) is 0 Å². The fraction of sp³-hybridized carbons (Fsp3) is 0.222. The Labute approximate surface area is 140 Å². The minimum absolute atomic E-state index is 0.0854. The van der Waals surface area contributed by atoms with E-state index in [0.29, 0.717) is 16.3 Å². The number of rotatable bonds is 7. The van der Waals surface area contributed by atoms with Crippen molar-refractivity contribution < 1.29 is 14.3 Å². The Morgan fingerprint density at radius 3 is 2.65 bits per heavy atom. The zero-order valence-electron chi connectivity index (χ0n) is 12.8. The number of carbonyl (C=O) groups excluding carboxylic acids is 2. The number of Topliss-reactive ketones (excluding diaryl/α,β-unsaturated/α-hetero) is 1. The van der Waals surface area contributed by atoms with Crippen LogP contribution in [-0.4, -0.2) is 24.8 Å². The highest BCUT2D eigenvalue weighted by Crippen LogP contribution is 2.17. The molecule has 1 amide bonds. The summed E-state index contributed by atoms with van der Waals surface area (Å²) < 4.78 is 5.50. The molecular formula is C18H18ClNO3. The van der Waals surface area contributed by atoms with Crippen LogP contribution in [-0.2, 0) is 11.2 Å². The average molecular weight is 332 g/mol. The molecule has 2 aromatic rings. The number of carbonyl (C=O) groups is 2. The van der Waals surface area contributed by atoms with Crippen molar-refractivity contribution in [1.82, 2.24) is 5.32 Å². The predicted octanol–water partition coefficient (Wildman–Crippen LogP) is 3.28. The second kappa shape index (κ2) is 8.34. The van der Waals surface area contributed by atoms with E-state index in [9.17, 15) is 9.59 Å². The summed E-state index contributed by atoms with van der Waals surface area (Å²) in [5.74, 6) is 0.146. The van der Waals surface area contributed by atoms with Crippen molar-refractivity contribution in [3.8, 4) is 5.75 Å². The van der Waals surface area contributed by atoms with E-state index < -0.39 is 0 Å². The molecule has 0 heterocycles. The number of amides is 1. The molecule has 2 aromatic carbocycles. The van der Waals surface area contributed by atoms with Gasteiger partial charge in [0.05, 0.1) is 6.54 Å². The van der Waals surface area contributed by atoms with Crippen LogP contribution in [0.2, 0.25) is 5.02 Å². The highest BCUT2D eigenvalue weighted by atomic mass is 35.5. The highest BCUT2D eigenvalue weighted by Gasteiger charge is 2.10. The Kier molecular flexibility index (Phi) is 6.18. The zero-order chi connectivity index (χ0) is 16.7. The van der Waals surface area contributed by atoms with Crippen LogP contribution >= 0.6 is 11.6 Å². The molecule has 0 saturated carbocycles. The van der Waals surface area contributed by atoms with Gasteiger partial charge in [-0.25, -0.2) is 0 Å². The third-order valence-electron chi connectivity index (χ3n) is 3.30. The van der Waals surface area contributed by atoms with Crippen molar-refractivity contribution in [2.45, 2.75) is 13.3 Å². The quantitative estimate of drug-likeness (QED) is 0.792. The fourth-order valence-electron chi connectivity index (χ4n) is 2.07. The van der Waals surface area contributed by atoms with E-state index in [2.05, 4.69) is 5.32 Å². The maximum atomic E-state index is 12.0. The summed E-state index contributed by atoms with van der Waals surface area (Å²) in [5.41, 5.74) is 1.50. The lowest BCUT2D eigenvalue weighted by atomic mass is 10.1. The van der Waals surface area contributed by atoms with Crippen LogP contribution in [0.25, 0.3) is 0 Å². The van der Waals surface area contributed by atoms with E-state index in [1.165, 1.54) is 0 Å². The molecule has 2 rings (SSSR count). The number of ether oxygens (including phenoxy) is 1. The molecule has 120 valence electrons. The van der Waals surface area contributed by atoms with Crippen LogP contribution in [0.15, 0.2) is 48.5 Å². The SMILES string of the molecule is CCc1ccccc1OCC(=O)NCC(=O)c1cccc(Cl)c1. The van der Waals surface area contributed by atoms with Gasteiger partial charge in [0.15, 0.2) is 12.4 Å². The molecule has 5 heteroatoms. The third-order valence-corrected chi connectivity index (χ3v) is 3.54. The highest BCUT2D eigenvalue weighted by molar-refractivity contribution is 6.31. The van der Waals surface area contributed by atoms with Crippen LogP contribution in [0.5, 0.6) is 5.75 Å². The van der Waals surface area contributed by atoms with Gasteiger partial charge >= 0.3 is 0 Å². The van der Waals surface area contributed by atoms with E-state index in [-0.39, 0.29) is 24.8 Å². The molecule has 0 spiro atoms. The molecule has 0 unspecified atom stereocenters. The van der Waals surface area contributed by atoms with Gasteiger partial charge in [-0.1, -0.05) is 48.9 Å². The van der Waals surface area contributed by atoms with Crippen molar-refractivity contribution in [3.63, 3.8) is 0 Å². The monoisotopic (exact) mass is 331 g/mol.